The number of carbonyl (C=O) groups excluding carboxylic acids is 2. The summed E-state index contributed by atoms with van der Waals surface area (Å²) in [5, 5.41) is 3.27. The van der Waals surface area contributed by atoms with Crippen LogP contribution in [0.1, 0.15) is 39.0 Å². The van der Waals surface area contributed by atoms with Crippen LogP contribution >= 0.6 is 0 Å². The number of carbonyl (C=O) groups is 2. The SMILES string of the molecule is CCOC(=O)c1cc(C(=O)NC)c2oc(C)c(-c3cccc(OCc4ccccc4)c3)c2c1. The van der Waals surface area contributed by atoms with Gasteiger partial charge in [-0.05, 0) is 49.2 Å². The van der Waals surface area contributed by atoms with E-state index in [0.717, 1.165) is 16.7 Å². The lowest BCUT2D eigenvalue weighted by molar-refractivity contribution is 0.0526. The van der Waals surface area contributed by atoms with Gasteiger partial charge in [-0.15, -0.1) is 0 Å². The van der Waals surface area contributed by atoms with Gasteiger partial charge >= 0.3 is 5.97 Å². The summed E-state index contributed by atoms with van der Waals surface area (Å²) in [6.45, 7) is 4.27. The van der Waals surface area contributed by atoms with Crippen molar-refractivity contribution in [3.8, 4) is 16.9 Å². The zero-order valence-electron chi connectivity index (χ0n) is 18.8. The molecule has 1 aromatic heterocycles. The highest BCUT2D eigenvalue weighted by Gasteiger charge is 2.22. The first-order chi connectivity index (χ1) is 16.0. The summed E-state index contributed by atoms with van der Waals surface area (Å²) < 4.78 is 17.2. The molecule has 1 amide bonds. The van der Waals surface area contributed by atoms with Crippen LogP contribution in [0.4, 0.5) is 0 Å². The minimum atomic E-state index is -0.491. The van der Waals surface area contributed by atoms with Crippen LogP contribution in [-0.2, 0) is 11.3 Å². The Bertz CT molecular complexity index is 1310. The van der Waals surface area contributed by atoms with Crippen LogP contribution in [0.25, 0.3) is 22.1 Å². The maximum absolute atomic E-state index is 12.5. The number of esters is 1. The molecule has 6 nitrogen and oxygen atoms in total. The molecule has 0 spiro atoms. The number of nitrogens with one attached hydrogen (secondary N) is 1. The first kappa shape index (κ1) is 22.1. The molecule has 168 valence electrons. The van der Waals surface area contributed by atoms with Gasteiger partial charge in [0.05, 0.1) is 17.7 Å². The molecule has 33 heavy (non-hydrogen) atoms. The van der Waals surface area contributed by atoms with E-state index >= 15 is 0 Å². The average Bonchev–Trinajstić information content (AvgIpc) is 3.18. The van der Waals surface area contributed by atoms with Crippen LogP contribution in [0.15, 0.2) is 71.1 Å². The van der Waals surface area contributed by atoms with E-state index in [1.807, 2.05) is 61.5 Å². The second kappa shape index (κ2) is 9.61. The lowest BCUT2D eigenvalue weighted by Crippen LogP contribution is -2.19. The molecular formula is C27H25NO5. The molecule has 0 saturated carbocycles. The van der Waals surface area contributed by atoms with Crippen molar-refractivity contribution in [1.82, 2.24) is 5.32 Å². The largest absolute Gasteiger partial charge is 0.489 e. The van der Waals surface area contributed by atoms with Crippen molar-refractivity contribution in [3.63, 3.8) is 0 Å². The van der Waals surface area contributed by atoms with Gasteiger partial charge in [0.25, 0.3) is 5.91 Å². The smallest absolute Gasteiger partial charge is 0.338 e. The Balaban J connectivity index is 1.79. The molecule has 0 aliphatic carbocycles. The number of aryl methyl sites for hydroxylation is 1. The second-order valence-electron chi connectivity index (χ2n) is 7.54. The van der Waals surface area contributed by atoms with Crippen molar-refractivity contribution in [3.05, 3.63) is 89.2 Å². The highest BCUT2D eigenvalue weighted by atomic mass is 16.5. The van der Waals surface area contributed by atoms with E-state index in [0.29, 0.717) is 34.6 Å². The molecule has 0 aliphatic heterocycles. The van der Waals surface area contributed by atoms with E-state index < -0.39 is 5.97 Å². The minimum Gasteiger partial charge on any atom is -0.489 e. The fraction of sp³-hybridized carbons (Fsp3) is 0.185. The Hall–Kier alpha value is -4.06. The Morgan fingerprint density at radius 3 is 2.52 bits per heavy atom. The van der Waals surface area contributed by atoms with Crippen molar-refractivity contribution in [2.24, 2.45) is 0 Å². The molecule has 4 rings (SSSR count). The molecule has 0 unspecified atom stereocenters. The number of hydrogen-bond acceptors (Lipinski definition) is 5. The Morgan fingerprint density at radius 1 is 1.00 bits per heavy atom. The molecule has 6 heteroatoms. The lowest BCUT2D eigenvalue weighted by Gasteiger charge is -2.09. The van der Waals surface area contributed by atoms with Gasteiger partial charge in [0.15, 0.2) is 0 Å². The molecule has 0 saturated heterocycles. The summed E-state index contributed by atoms with van der Waals surface area (Å²) in [6, 6.07) is 20.8. The molecule has 0 aliphatic rings. The van der Waals surface area contributed by atoms with Gasteiger partial charge in [-0.3, -0.25) is 4.79 Å². The molecule has 3 aromatic carbocycles. The highest BCUT2D eigenvalue weighted by Crippen LogP contribution is 2.38. The molecule has 1 heterocycles. The van der Waals surface area contributed by atoms with Crippen LogP contribution in [-0.4, -0.2) is 25.5 Å². The van der Waals surface area contributed by atoms with Crippen LogP contribution in [0.5, 0.6) is 5.75 Å². The predicted octanol–water partition coefficient (Wildman–Crippen LogP) is 5.52. The Labute approximate surface area is 192 Å². The minimum absolute atomic E-state index is 0.240. The molecule has 0 radical (unpaired) electrons. The monoisotopic (exact) mass is 443 g/mol. The van der Waals surface area contributed by atoms with E-state index in [1.54, 1.807) is 13.0 Å². The third-order valence-electron chi connectivity index (χ3n) is 5.32. The molecule has 0 fully saturated rings. The normalized spacial score (nSPS) is 10.8. The fourth-order valence-corrected chi connectivity index (χ4v) is 3.79. The van der Waals surface area contributed by atoms with Crippen molar-refractivity contribution >= 4 is 22.8 Å². The van der Waals surface area contributed by atoms with E-state index in [1.165, 1.54) is 13.1 Å². The molecule has 0 bridgehead atoms. The summed E-state index contributed by atoms with van der Waals surface area (Å²) in [7, 11) is 1.54. The summed E-state index contributed by atoms with van der Waals surface area (Å²) in [4.78, 5) is 25.0. The third kappa shape index (κ3) is 4.60. The Morgan fingerprint density at radius 2 is 1.79 bits per heavy atom. The number of ether oxygens (including phenoxy) is 2. The first-order valence-electron chi connectivity index (χ1n) is 10.7. The Kier molecular flexibility index (Phi) is 6.45. The number of fused-ring (bicyclic) bond motifs is 1. The summed E-state index contributed by atoms with van der Waals surface area (Å²) >= 11 is 0. The molecule has 0 atom stereocenters. The summed E-state index contributed by atoms with van der Waals surface area (Å²) in [6.07, 6.45) is 0. The second-order valence-corrected chi connectivity index (χ2v) is 7.54. The highest BCUT2D eigenvalue weighted by molar-refractivity contribution is 6.11. The standard InChI is InChI=1S/C27H25NO5/c1-4-31-27(30)20-14-22-24(17(2)33-25(22)23(15-20)26(29)28-3)19-11-8-12-21(13-19)32-16-18-9-6-5-7-10-18/h5-15H,4,16H2,1-3H3,(H,28,29). The zero-order chi connectivity index (χ0) is 23.4. The van der Waals surface area contributed by atoms with Gasteiger partial charge in [0.1, 0.15) is 23.7 Å². The van der Waals surface area contributed by atoms with Gasteiger partial charge in [-0.1, -0.05) is 42.5 Å². The summed E-state index contributed by atoms with van der Waals surface area (Å²) in [5.41, 5.74) is 3.73. The lowest BCUT2D eigenvalue weighted by atomic mass is 9.98. The van der Waals surface area contributed by atoms with Crippen molar-refractivity contribution in [2.75, 3.05) is 13.7 Å². The van der Waals surface area contributed by atoms with Gasteiger partial charge in [-0.25, -0.2) is 4.79 Å². The first-order valence-corrected chi connectivity index (χ1v) is 10.7. The van der Waals surface area contributed by atoms with E-state index in [2.05, 4.69) is 5.32 Å². The zero-order valence-corrected chi connectivity index (χ0v) is 18.8. The van der Waals surface area contributed by atoms with E-state index in [4.69, 9.17) is 13.9 Å². The van der Waals surface area contributed by atoms with Gasteiger partial charge in [-0.2, -0.15) is 0 Å². The van der Waals surface area contributed by atoms with Crippen LogP contribution in [0.3, 0.4) is 0 Å². The molecular weight excluding hydrogens is 418 g/mol. The summed E-state index contributed by atoms with van der Waals surface area (Å²) in [5.74, 6) is 0.509. The number of hydrogen-bond donors (Lipinski definition) is 1. The van der Waals surface area contributed by atoms with Gasteiger partial charge < -0.3 is 19.2 Å². The third-order valence-corrected chi connectivity index (χ3v) is 5.32. The van der Waals surface area contributed by atoms with Gasteiger partial charge in [0, 0.05) is 18.0 Å². The van der Waals surface area contributed by atoms with E-state index in [-0.39, 0.29) is 18.1 Å². The number of furan rings is 1. The maximum Gasteiger partial charge on any atom is 0.338 e. The molecule has 1 N–H and O–H groups in total. The van der Waals surface area contributed by atoms with Crippen molar-refractivity contribution in [1.29, 1.82) is 0 Å². The quantitative estimate of drug-likeness (QED) is 0.380. The maximum atomic E-state index is 12.5. The average molecular weight is 443 g/mol. The predicted molar refractivity (Wildman–Crippen MR) is 127 cm³/mol. The number of amides is 1. The fourth-order valence-electron chi connectivity index (χ4n) is 3.79. The number of rotatable bonds is 7. The topological polar surface area (TPSA) is 77.8 Å². The molecule has 4 aromatic rings. The van der Waals surface area contributed by atoms with E-state index in [9.17, 15) is 9.59 Å². The van der Waals surface area contributed by atoms with Crippen LogP contribution in [0.2, 0.25) is 0 Å². The van der Waals surface area contributed by atoms with Crippen molar-refractivity contribution in [2.45, 2.75) is 20.5 Å². The van der Waals surface area contributed by atoms with Crippen LogP contribution in [0, 0.1) is 6.92 Å². The van der Waals surface area contributed by atoms with Crippen molar-refractivity contribution < 1.29 is 23.5 Å². The number of benzene rings is 3. The van der Waals surface area contributed by atoms with Crippen LogP contribution < -0.4 is 10.1 Å². The van der Waals surface area contributed by atoms with Gasteiger partial charge in [0.2, 0.25) is 0 Å².